The van der Waals surface area contributed by atoms with Crippen molar-refractivity contribution in [2.24, 2.45) is 0 Å². The Morgan fingerprint density at radius 2 is 2.03 bits per heavy atom. The van der Waals surface area contributed by atoms with E-state index in [0.29, 0.717) is 9.59 Å². The van der Waals surface area contributed by atoms with Gasteiger partial charge in [0.1, 0.15) is 23.7 Å². The number of hydrogen-bond donors (Lipinski definition) is 3. The Hall–Kier alpha value is -2.61. The molecule has 4 N–H and O–H groups in total. The topological polar surface area (TPSA) is 164 Å². The van der Waals surface area contributed by atoms with Crippen molar-refractivity contribution in [3.63, 3.8) is 0 Å². The number of carbonyl (C=O) groups excluding carboxylic acids is 1. The van der Waals surface area contributed by atoms with Gasteiger partial charge in [-0.05, 0) is 30.3 Å². The molecule has 1 aromatic carbocycles. The van der Waals surface area contributed by atoms with Crippen LogP contribution in [-0.2, 0) is 23.4 Å². The number of nitrogens with zero attached hydrogens (tertiary/aromatic N) is 2. The molecule has 2 fully saturated rings. The van der Waals surface area contributed by atoms with Crippen molar-refractivity contribution in [2.45, 2.75) is 36.8 Å². The Morgan fingerprint density at radius 1 is 1.31 bits per heavy atom. The predicted octanol–water partition coefficient (Wildman–Crippen LogP) is 1.48. The molecule has 35 heavy (non-hydrogen) atoms. The highest BCUT2D eigenvalue weighted by Crippen LogP contribution is 2.48. The zero-order valence-electron chi connectivity index (χ0n) is 17.8. The maximum Gasteiger partial charge on any atom is 0.459 e. The predicted molar refractivity (Wildman–Crippen MR) is 116 cm³/mol. The number of rotatable bonds is 8. The van der Waals surface area contributed by atoms with Crippen LogP contribution in [0.3, 0.4) is 0 Å². The van der Waals surface area contributed by atoms with Crippen molar-refractivity contribution >= 4 is 31.1 Å². The first-order valence-corrected chi connectivity index (χ1v) is 12.1. The standard InChI is InChI=1S/C19H20ClF2N4O8P/c20-10-1-3-11(4-2-10)34-35(30,25-12-6-8-31-16(12)28)32-9-13-15(27)19(21,22)17(33-13)26-7-5-14(23)24-18(26)29/h1-5,7,12-13,15,17,27H,6,8-9H2,(H,25,30)(H2,23,24,29)/t12?,13-,15-,17-,35+/m1/s1. The third-order valence-electron chi connectivity index (χ3n) is 5.18. The molecule has 0 radical (unpaired) electrons. The minimum atomic E-state index is -4.40. The second-order valence-electron chi connectivity index (χ2n) is 7.66. The third kappa shape index (κ3) is 5.47. The number of cyclic esters (lactones) is 1. The zero-order chi connectivity index (χ0) is 25.4. The average Bonchev–Trinajstić information content (AvgIpc) is 3.29. The zero-order valence-corrected chi connectivity index (χ0v) is 19.4. The number of anilines is 1. The third-order valence-corrected chi connectivity index (χ3v) is 7.00. The molecule has 1 unspecified atom stereocenters. The van der Waals surface area contributed by atoms with Gasteiger partial charge in [0.25, 0.3) is 0 Å². The lowest BCUT2D eigenvalue weighted by atomic mass is 10.1. The van der Waals surface area contributed by atoms with Gasteiger partial charge >= 0.3 is 25.3 Å². The number of carbonyl (C=O) groups is 1. The molecule has 190 valence electrons. The first-order valence-electron chi connectivity index (χ1n) is 10.2. The number of nitrogens with one attached hydrogen (secondary N) is 1. The highest BCUT2D eigenvalue weighted by molar-refractivity contribution is 7.52. The van der Waals surface area contributed by atoms with Crippen molar-refractivity contribution in [1.29, 1.82) is 0 Å². The second kappa shape index (κ2) is 9.80. The minimum Gasteiger partial charge on any atom is -0.464 e. The molecule has 4 rings (SSSR count). The first-order chi connectivity index (χ1) is 16.5. The molecule has 0 bridgehead atoms. The summed E-state index contributed by atoms with van der Waals surface area (Å²) in [6.45, 7) is -0.787. The van der Waals surface area contributed by atoms with E-state index >= 15 is 0 Å². The lowest BCUT2D eigenvalue weighted by Crippen LogP contribution is -2.42. The number of aliphatic hydroxyl groups excluding tert-OH is 1. The van der Waals surface area contributed by atoms with Crippen molar-refractivity contribution < 1.29 is 41.8 Å². The molecule has 0 amide bonds. The Labute approximate surface area is 201 Å². The monoisotopic (exact) mass is 536 g/mol. The van der Waals surface area contributed by atoms with Gasteiger partial charge in [0.15, 0.2) is 6.10 Å². The Kier molecular flexibility index (Phi) is 7.13. The SMILES string of the molecule is Nc1ccn([C@@H]2O[C@H](CO[P@@](=O)(NC3CCOC3=O)Oc3ccc(Cl)cc3)[C@@H](O)C2(F)F)c(=O)n1. The molecule has 16 heteroatoms. The van der Waals surface area contributed by atoms with E-state index in [0.717, 1.165) is 12.3 Å². The van der Waals surface area contributed by atoms with E-state index in [1.54, 1.807) is 0 Å². The van der Waals surface area contributed by atoms with E-state index < -0.39 is 56.4 Å². The van der Waals surface area contributed by atoms with Gasteiger partial charge in [0.2, 0.25) is 6.23 Å². The van der Waals surface area contributed by atoms with E-state index in [2.05, 4.69) is 10.1 Å². The van der Waals surface area contributed by atoms with Gasteiger partial charge in [0, 0.05) is 17.6 Å². The summed E-state index contributed by atoms with van der Waals surface area (Å²) in [5, 5.41) is 13.0. The molecule has 1 aromatic heterocycles. The summed E-state index contributed by atoms with van der Waals surface area (Å²) in [4.78, 5) is 27.2. The summed E-state index contributed by atoms with van der Waals surface area (Å²) in [5.74, 6) is -4.80. The largest absolute Gasteiger partial charge is 0.464 e. The van der Waals surface area contributed by atoms with Crippen molar-refractivity contribution in [2.75, 3.05) is 18.9 Å². The maximum absolute atomic E-state index is 14.8. The Morgan fingerprint density at radius 3 is 2.66 bits per heavy atom. The van der Waals surface area contributed by atoms with Gasteiger partial charge in [-0.15, -0.1) is 0 Å². The molecule has 12 nitrogen and oxygen atoms in total. The second-order valence-corrected chi connectivity index (χ2v) is 9.80. The number of aliphatic hydroxyl groups is 1. The number of nitrogen functional groups attached to an aromatic ring is 1. The van der Waals surface area contributed by atoms with Gasteiger partial charge in [-0.1, -0.05) is 11.6 Å². The summed E-state index contributed by atoms with van der Waals surface area (Å²) >= 11 is 5.83. The van der Waals surface area contributed by atoms with Crippen molar-refractivity contribution in [1.82, 2.24) is 14.6 Å². The Balaban J connectivity index is 1.53. The molecule has 2 aliphatic heterocycles. The highest BCUT2D eigenvalue weighted by atomic mass is 35.5. The van der Waals surface area contributed by atoms with Crippen LogP contribution in [-0.4, -0.2) is 58.0 Å². The summed E-state index contributed by atoms with van der Waals surface area (Å²) in [6.07, 6.45) is -5.32. The molecule has 0 saturated carbocycles. The van der Waals surface area contributed by atoms with Gasteiger partial charge in [-0.2, -0.15) is 18.9 Å². The molecule has 0 aliphatic carbocycles. The number of alkyl halides is 2. The molecular weight excluding hydrogens is 517 g/mol. The van der Waals surface area contributed by atoms with E-state index in [9.17, 15) is 28.0 Å². The van der Waals surface area contributed by atoms with Crippen molar-refractivity contribution in [3.05, 3.63) is 52.0 Å². The van der Waals surface area contributed by atoms with E-state index in [-0.39, 0.29) is 24.6 Å². The number of esters is 1. The molecular formula is C19H20ClF2N4O8P. The summed E-state index contributed by atoms with van der Waals surface area (Å²) in [6, 6.07) is 5.69. The molecule has 3 heterocycles. The smallest absolute Gasteiger partial charge is 0.459 e. The summed E-state index contributed by atoms with van der Waals surface area (Å²) in [5.41, 5.74) is 4.25. The molecule has 0 spiro atoms. The van der Waals surface area contributed by atoms with Crippen LogP contribution in [0.15, 0.2) is 41.3 Å². The quantitative estimate of drug-likeness (QED) is 0.330. The fourth-order valence-corrected chi connectivity index (χ4v) is 5.07. The lowest BCUT2D eigenvalue weighted by Gasteiger charge is -2.24. The number of halogens is 3. The first kappa shape index (κ1) is 25.5. The highest BCUT2D eigenvalue weighted by Gasteiger charge is 2.60. The molecule has 2 aromatic rings. The van der Waals surface area contributed by atoms with Crippen LogP contribution in [0.5, 0.6) is 5.75 Å². The van der Waals surface area contributed by atoms with Gasteiger partial charge < -0.3 is 24.8 Å². The average molecular weight is 537 g/mol. The number of aromatic nitrogens is 2. The number of hydrogen-bond acceptors (Lipinski definition) is 10. The number of ether oxygens (including phenoxy) is 2. The van der Waals surface area contributed by atoms with E-state index in [4.69, 9.17) is 35.9 Å². The van der Waals surface area contributed by atoms with Crippen LogP contribution in [0.4, 0.5) is 14.6 Å². The van der Waals surface area contributed by atoms with E-state index in [1.807, 2.05) is 0 Å². The number of nitrogens with two attached hydrogens (primary N) is 1. The maximum atomic E-state index is 14.8. The summed E-state index contributed by atoms with van der Waals surface area (Å²) < 4.78 is 64.1. The number of benzene rings is 1. The van der Waals surface area contributed by atoms with Gasteiger partial charge in [0.05, 0.1) is 13.2 Å². The van der Waals surface area contributed by atoms with Crippen LogP contribution in [0.2, 0.25) is 5.02 Å². The molecule has 2 aliphatic rings. The molecule has 2 saturated heterocycles. The Bertz CT molecular complexity index is 1200. The van der Waals surface area contributed by atoms with Crippen LogP contribution in [0, 0.1) is 0 Å². The van der Waals surface area contributed by atoms with Crippen LogP contribution >= 0.6 is 19.3 Å². The summed E-state index contributed by atoms with van der Waals surface area (Å²) in [7, 11) is -4.40. The van der Waals surface area contributed by atoms with Crippen LogP contribution in [0.25, 0.3) is 0 Å². The molecule has 5 atom stereocenters. The van der Waals surface area contributed by atoms with Gasteiger partial charge in [-0.3, -0.25) is 13.9 Å². The van der Waals surface area contributed by atoms with Gasteiger partial charge in [-0.25, -0.2) is 9.36 Å². The fourth-order valence-electron chi connectivity index (χ4n) is 3.41. The normalized spacial score (nSPS) is 27.4. The van der Waals surface area contributed by atoms with Crippen LogP contribution in [0.1, 0.15) is 12.6 Å². The van der Waals surface area contributed by atoms with Crippen molar-refractivity contribution in [3.8, 4) is 5.75 Å². The fraction of sp³-hybridized carbons (Fsp3) is 0.421. The van der Waals surface area contributed by atoms with E-state index in [1.165, 1.54) is 24.3 Å². The minimum absolute atomic E-state index is 0.0344. The lowest BCUT2D eigenvalue weighted by molar-refractivity contribution is -0.141. The van der Waals surface area contributed by atoms with Crippen LogP contribution < -0.4 is 21.0 Å².